The standard InChI is InChI=1S/C19H21BrN2O2S/c1-14-2-4-15(5-3-14)13-25-11-10-21-18(23)12-22-19(24)16-6-8-17(20)9-7-16/h2-9H,10-13H2,1H3,(H,21,23)(H,22,24). The van der Waals surface area contributed by atoms with E-state index in [4.69, 9.17) is 0 Å². The average Bonchev–Trinajstić information content (AvgIpc) is 2.61. The lowest BCUT2D eigenvalue weighted by Crippen LogP contribution is -2.37. The Morgan fingerprint density at radius 2 is 1.68 bits per heavy atom. The first-order chi connectivity index (χ1) is 12.0. The number of aryl methyl sites for hydroxylation is 1. The maximum atomic E-state index is 11.9. The second-order valence-corrected chi connectivity index (χ2v) is 7.60. The van der Waals surface area contributed by atoms with E-state index in [1.165, 1.54) is 11.1 Å². The van der Waals surface area contributed by atoms with Crippen molar-refractivity contribution in [1.29, 1.82) is 0 Å². The quantitative estimate of drug-likeness (QED) is 0.642. The molecular weight excluding hydrogens is 400 g/mol. The number of benzene rings is 2. The summed E-state index contributed by atoms with van der Waals surface area (Å²) in [5, 5.41) is 5.43. The molecule has 0 aromatic heterocycles. The number of amides is 2. The van der Waals surface area contributed by atoms with Gasteiger partial charge in [0.2, 0.25) is 5.91 Å². The van der Waals surface area contributed by atoms with Crippen molar-refractivity contribution >= 4 is 39.5 Å². The summed E-state index contributed by atoms with van der Waals surface area (Å²) in [6.07, 6.45) is 0. The topological polar surface area (TPSA) is 58.2 Å². The van der Waals surface area contributed by atoms with Gasteiger partial charge in [0.1, 0.15) is 0 Å². The number of carbonyl (C=O) groups is 2. The summed E-state index contributed by atoms with van der Waals surface area (Å²) < 4.78 is 0.907. The van der Waals surface area contributed by atoms with E-state index in [-0.39, 0.29) is 18.4 Å². The minimum atomic E-state index is -0.253. The maximum absolute atomic E-state index is 11.9. The van der Waals surface area contributed by atoms with Crippen LogP contribution in [0.1, 0.15) is 21.5 Å². The zero-order valence-corrected chi connectivity index (χ0v) is 16.5. The highest BCUT2D eigenvalue weighted by Gasteiger charge is 2.07. The lowest BCUT2D eigenvalue weighted by atomic mass is 10.2. The van der Waals surface area contributed by atoms with Crippen LogP contribution in [0.5, 0.6) is 0 Å². The number of rotatable bonds is 8. The van der Waals surface area contributed by atoms with Crippen LogP contribution in [0, 0.1) is 6.92 Å². The van der Waals surface area contributed by atoms with Gasteiger partial charge in [-0.1, -0.05) is 45.8 Å². The number of nitrogens with one attached hydrogen (secondary N) is 2. The van der Waals surface area contributed by atoms with Gasteiger partial charge in [-0.2, -0.15) is 11.8 Å². The fraction of sp³-hybridized carbons (Fsp3) is 0.263. The molecule has 0 radical (unpaired) electrons. The fourth-order valence-corrected chi connectivity index (χ4v) is 3.15. The van der Waals surface area contributed by atoms with Gasteiger partial charge in [-0.05, 0) is 36.8 Å². The van der Waals surface area contributed by atoms with Crippen molar-refractivity contribution in [3.63, 3.8) is 0 Å². The summed E-state index contributed by atoms with van der Waals surface area (Å²) >= 11 is 5.09. The second kappa shape index (κ2) is 10.3. The molecule has 2 rings (SSSR count). The van der Waals surface area contributed by atoms with Crippen molar-refractivity contribution in [2.75, 3.05) is 18.8 Å². The molecule has 6 heteroatoms. The molecule has 0 unspecified atom stereocenters. The number of halogens is 1. The predicted molar refractivity (Wildman–Crippen MR) is 107 cm³/mol. The second-order valence-electron chi connectivity index (χ2n) is 5.58. The van der Waals surface area contributed by atoms with E-state index in [0.717, 1.165) is 16.0 Å². The van der Waals surface area contributed by atoms with Crippen LogP contribution >= 0.6 is 27.7 Å². The lowest BCUT2D eigenvalue weighted by Gasteiger charge is -2.07. The summed E-state index contributed by atoms with van der Waals surface area (Å²) in [6, 6.07) is 15.5. The van der Waals surface area contributed by atoms with Crippen molar-refractivity contribution in [2.45, 2.75) is 12.7 Å². The maximum Gasteiger partial charge on any atom is 0.251 e. The summed E-state index contributed by atoms with van der Waals surface area (Å²) in [4.78, 5) is 23.7. The molecule has 2 amide bonds. The molecule has 0 aliphatic rings. The predicted octanol–water partition coefficient (Wildman–Crippen LogP) is 3.54. The molecule has 25 heavy (non-hydrogen) atoms. The zero-order chi connectivity index (χ0) is 18.1. The third-order valence-electron chi connectivity index (χ3n) is 3.47. The van der Waals surface area contributed by atoms with Crippen molar-refractivity contribution in [2.24, 2.45) is 0 Å². The molecule has 0 atom stereocenters. The van der Waals surface area contributed by atoms with Crippen molar-refractivity contribution in [3.05, 3.63) is 69.7 Å². The third-order valence-corrected chi connectivity index (χ3v) is 5.03. The first-order valence-corrected chi connectivity index (χ1v) is 9.93. The Morgan fingerprint density at radius 3 is 2.36 bits per heavy atom. The smallest absolute Gasteiger partial charge is 0.251 e. The first kappa shape index (κ1) is 19.5. The van der Waals surface area contributed by atoms with Crippen LogP contribution < -0.4 is 10.6 Å². The van der Waals surface area contributed by atoms with Gasteiger partial charge in [0, 0.05) is 28.1 Å². The zero-order valence-electron chi connectivity index (χ0n) is 14.0. The van der Waals surface area contributed by atoms with Crippen LogP contribution in [0.25, 0.3) is 0 Å². The highest BCUT2D eigenvalue weighted by atomic mass is 79.9. The molecule has 0 heterocycles. The molecule has 0 bridgehead atoms. The number of carbonyl (C=O) groups excluding carboxylic acids is 2. The SMILES string of the molecule is Cc1ccc(CSCCNC(=O)CNC(=O)c2ccc(Br)cc2)cc1. The first-order valence-electron chi connectivity index (χ1n) is 7.98. The fourth-order valence-electron chi connectivity index (χ4n) is 2.06. The van der Waals surface area contributed by atoms with Gasteiger partial charge in [0.05, 0.1) is 6.54 Å². The van der Waals surface area contributed by atoms with E-state index in [1.807, 2.05) is 0 Å². The Morgan fingerprint density at radius 1 is 1.00 bits per heavy atom. The molecule has 0 saturated heterocycles. The van der Waals surface area contributed by atoms with Crippen LogP contribution in [-0.4, -0.2) is 30.7 Å². The lowest BCUT2D eigenvalue weighted by molar-refractivity contribution is -0.120. The Bertz CT molecular complexity index is 702. The molecule has 132 valence electrons. The molecule has 4 nitrogen and oxygen atoms in total. The average molecular weight is 421 g/mol. The molecule has 2 aromatic carbocycles. The number of hydrogen-bond acceptors (Lipinski definition) is 3. The van der Waals surface area contributed by atoms with Gasteiger partial charge in [-0.3, -0.25) is 9.59 Å². The van der Waals surface area contributed by atoms with Crippen LogP contribution in [0.15, 0.2) is 53.0 Å². The summed E-state index contributed by atoms with van der Waals surface area (Å²) in [7, 11) is 0. The summed E-state index contributed by atoms with van der Waals surface area (Å²) in [6.45, 7) is 2.64. The van der Waals surface area contributed by atoms with Gasteiger partial charge < -0.3 is 10.6 Å². The van der Waals surface area contributed by atoms with Gasteiger partial charge in [-0.25, -0.2) is 0 Å². The highest BCUT2D eigenvalue weighted by molar-refractivity contribution is 9.10. The van der Waals surface area contributed by atoms with Gasteiger partial charge in [0.25, 0.3) is 5.91 Å². The van der Waals surface area contributed by atoms with E-state index in [1.54, 1.807) is 36.0 Å². The van der Waals surface area contributed by atoms with Crippen LogP contribution in [-0.2, 0) is 10.5 Å². The van der Waals surface area contributed by atoms with Crippen molar-refractivity contribution < 1.29 is 9.59 Å². The number of thioether (sulfide) groups is 1. The minimum absolute atomic E-state index is 0.0163. The van der Waals surface area contributed by atoms with Crippen molar-refractivity contribution in [3.8, 4) is 0 Å². The molecule has 2 N–H and O–H groups in total. The van der Waals surface area contributed by atoms with E-state index in [0.29, 0.717) is 12.1 Å². The van der Waals surface area contributed by atoms with Crippen LogP contribution in [0.3, 0.4) is 0 Å². The minimum Gasteiger partial charge on any atom is -0.354 e. The van der Waals surface area contributed by atoms with Gasteiger partial charge in [0.15, 0.2) is 0 Å². The summed E-state index contributed by atoms with van der Waals surface area (Å²) in [5.41, 5.74) is 3.07. The molecule has 0 saturated carbocycles. The van der Waals surface area contributed by atoms with E-state index >= 15 is 0 Å². The molecule has 0 aliphatic carbocycles. The monoisotopic (exact) mass is 420 g/mol. The molecule has 0 fully saturated rings. The van der Waals surface area contributed by atoms with E-state index in [2.05, 4.69) is 57.8 Å². The van der Waals surface area contributed by atoms with Crippen LogP contribution in [0.2, 0.25) is 0 Å². The Kier molecular flexibility index (Phi) is 8.01. The summed E-state index contributed by atoms with van der Waals surface area (Å²) in [5.74, 6) is 1.33. The Balaban J connectivity index is 1.58. The largest absolute Gasteiger partial charge is 0.354 e. The van der Waals surface area contributed by atoms with E-state index in [9.17, 15) is 9.59 Å². The van der Waals surface area contributed by atoms with Crippen molar-refractivity contribution in [1.82, 2.24) is 10.6 Å². The van der Waals surface area contributed by atoms with Gasteiger partial charge in [-0.15, -0.1) is 0 Å². The van der Waals surface area contributed by atoms with Crippen LogP contribution in [0.4, 0.5) is 0 Å². The Hall–Kier alpha value is -1.79. The third kappa shape index (κ3) is 7.32. The highest BCUT2D eigenvalue weighted by Crippen LogP contribution is 2.12. The number of hydrogen-bond donors (Lipinski definition) is 2. The van der Waals surface area contributed by atoms with E-state index < -0.39 is 0 Å². The Labute approximate surface area is 160 Å². The molecular formula is C19H21BrN2O2S. The molecule has 0 spiro atoms. The van der Waals surface area contributed by atoms with Gasteiger partial charge >= 0.3 is 0 Å². The molecule has 2 aromatic rings. The molecule has 0 aliphatic heterocycles. The normalized spacial score (nSPS) is 10.3.